The van der Waals surface area contributed by atoms with Crippen LogP contribution in [0, 0.1) is 6.92 Å². The molecule has 1 aromatic carbocycles. The molecule has 2 heterocycles. The normalized spacial score (nSPS) is 17.0. The summed E-state index contributed by atoms with van der Waals surface area (Å²) in [6, 6.07) is 6.04. The van der Waals surface area contributed by atoms with Crippen LogP contribution in [0.2, 0.25) is 5.02 Å². The number of benzene rings is 1. The van der Waals surface area contributed by atoms with Crippen molar-refractivity contribution in [3.8, 4) is 0 Å². The molecule has 7 nitrogen and oxygen atoms in total. The number of hydrogen-bond donors (Lipinski definition) is 1. The molecule has 0 spiro atoms. The molecule has 3 rings (SSSR count). The molecule has 0 aliphatic carbocycles. The Morgan fingerprint density at radius 1 is 1.39 bits per heavy atom. The van der Waals surface area contributed by atoms with Gasteiger partial charge < -0.3 is 14.6 Å². The summed E-state index contributed by atoms with van der Waals surface area (Å²) in [7, 11) is 0. The zero-order valence-corrected chi connectivity index (χ0v) is 13.2. The number of rotatable bonds is 3. The van der Waals surface area contributed by atoms with Crippen molar-refractivity contribution >= 4 is 23.5 Å². The first-order chi connectivity index (χ1) is 11.0. The molecular weight excluding hydrogens is 320 g/mol. The van der Waals surface area contributed by atoms with Crippen molar-refractivity contribution in [3.05, 3.63) is 46.5 Å². The molecule has 1 N–H and O–H groups in total. The lowest BCUT2D eigenvalue weighted by atomic mass is 10.1. The second kappa shape index (κ2) is 6.00. The molecule has 0 bridgehead atoms. The van der Waals surface area contributed by atoms with Crippen LogP contribution >= 0.6 is 11.6 Å². The Hall–Kier alpha value is -2.41. The highest BCUT2D eigenvalue weighted by Crippen LogP contribution is 2.20. The summed E-state index contributed by atoms with van der Waals surface area (Å²) >= 11 is 5.92. The molecule has 1 aliphatic heterocycles. The maximum Gasteiger partial charge on any atom is 0.328 e. The number of carboxylic acids is 1. The minimum Gasteiger partial charge on any atom is -0.480 e. The summed E-state index contributed by atoms with van der Waals surface area (Å²) in [5, 5.41) is 17.9. The molecular formula is C15H15ClN4O3. The van der Waals surface area contributed by atoms with E-state index in [1.807, 2.05) is 0 Å². The van der Waals surface area contributed by atoms with E-state index in [9.17, 15) is 14.7 Å². The SMILES string of the molecule is Cc1nnc2n1CC(C(=O)O)N(C(=O)Cc1cccc(Cl)c1)C2. The van der Waals surface area contributed by atoms with Crippen molar-refractivity contribution in [2.45, 2.75) is 32.5 Å². The van der Waals surface area contributed by atoms with E-state index in [1.165, 1.54) is 4.90 Å². The molecule has 120 valence electrons. The van der Waals surface area contributed by atoms with Crippen LogP contribution in [0.1, 0.15) is 17.2 Å². The summed E-state index contributed by atoms with van der Waals surface area (Å²) in [4.78, 5) is 25.5. The van der Waals surface area contributed by atoms with Crippen molar-refractivity contribution in [1.29, 1.82) is 0 Å². The number of halogens is 1. The fourth-order valence-corrected chi connectivity index (χ4v) is 2.92. The largest absolute Gasteiger partial charge is 0.480 e. The number of aromatic nitrogens is 3. The first-order valence-electron chi connectivity index (χ1n) is 7.11. The Bertz CT molecular complexity index is 774. The van der Waals surface area contributed by atoms with Gasteiger partial charge >= 0.3 is 5.97 Å². The fraction of sp³-hybridized carbons (Fsp3) is 0.333. The van der Waals surface area contributed by atoms with Gasteiger partial charge in [0, 0.05) is 5.02 Å². The number of carboxylic acid groups (broad SMARTS) is 1. The van der Waals surface area contributed by atoms with Gasteiger partial charge in [0.05, 0.1) is 19.5 Å². The van der Waals surface area contributed by atoms with E-state index in [1.54, 1.807) is 35.8 Å². The standard InChI is InChI=1S/C15H15ClN4O3/c1-9-17-18-13-8-20(12(15(22)23)7-19(9)13)14(21)6-10-3-2-4-11(16)5-10/h2-5,12H,6-8H2,1H3,(H,22,23). The summed E-state index contributed by atoms with van der Waals surface area (Å²) in [5.41, 5.74) is 0.745. The monoisotopic (exact) mass is 334 g/mol. The molecule has 0 radical (unpaired) electrons. The summed E-state index contributed by atoms with van der Waals surface area (Å²) in [6.07, 6.45) is 0.0947. The van der Waals surface area contributed by atoms with Crippen molar-refractivity contribution in [3.63, 3.8) is 0 Å². The fourth-order valence-electron chi connectivity index (χ4n) is 2.71. The maximum atomic E-state index is 12.6. The first kappa shape index (κ1) is 15.5. The van der Waals surface area contributed by atoms with E-state index >= 15 is 0 Å². The first-order valence-corrected chi connectivity index (χ1v) is 7.49. The smallest absolute Gasteiger partial charge is 0.328 e. The lowest BCUT2D eigenvalue weighted by Crippen LogP contribution is -2.51. The molecule has 23 heavy (non-hydrogen) atoms. The number of fused-ring (bicyclic) bond motifs is 1. The Morgan fingerprint density at radius 3 is 2.87 bits per heavy atom. The van der Waals surface area contributed by atoms with Crippen LogP contribution in [0.25, 0.3) is 0 Å². The summed E-state index contributed by atoms with van der Waals surface area (Å²) in [6.45, 7) is 2.06. The summed E-state index contributed by atoms with van der Waals surface area (Å²) in [5.74, 6) is -0.0672. The number of aliphatic carboxylic acids is 1. The molecule has 0 saturated heterocycles. The van der Waals surface area contributed by atoms with Gasteiger partial charge in [-0.2, -0.15) is 0 Å². The van der Waals surface area contributed by atoms with Gasteiger partial charge in [-0.05, 0) is 24.6 Å². The van der Waals surface area contributed by atoms with Crippen molar-refractivity contribution in [1.82, 2.24) is 19.7 Å². The molecule has 0 fully saturated rings. The van der Waals surface area contributed by atoms with E-state index in [0.717, 1.165) is 5.56 Å². The minimum atomic E-state index is -1.04. The van der Waals surface area contributed by atoms with Gasteiger partial charge in [-0.3, -0.25) is 4.79 Å². The van der Waals surface area contributed by atoms with Gasteiger partial charge in [0.15, 0.2) is 5.82 Å². The third-order valence-corrected chi connectivity index (χ3v) is 4.14. The lowest BCUT2D eigenvalue weighted by molar-refractivity contribution is -0.152. The zero-order chi connectivity index (χ0) is 16.6. The number of hydrogen-bond acceptors (Lipinski definition) is 4. The molecule has 1 aliphatic rings. The highest BCUT2D eigenvalue weighted by atomic mass is 35.5. The Kier molecular flexibility index (Phi) is 4.04. The van der Waals surface area contributed by atoms with E-state index in [-0.39, 0.29) is 25.4 Å². The number of carbonyl (C=O) groups excluding carboxylic acids is 1. The second-order valence-corrected chi connectivity index (χ2v) is 5.89. The minimum absolute atomic E-state index is 0.0947. The third-order valence-electron chi connectivity index (χ3n) is 3.91. The summed E-state index contributed by atoms with van der Waals surface area (Å²) < 4.78 is 1.74. The van der Waals surface area contributed by atoms with Crippen LogP contribution in [-0.4, -0.2) is 42.7 Å². The molecule has 1 amide bonds. The van der Waals surface area contributed by atoms with E-state index in [4.69, 9.17) is 11.6 Å². The maximum absolute atomic E-state index is 12.6. The second-order valence-electron chi connectivity index (χ2n) is 5.46. The molecule has 1 aromatic heterocycles. The molecule has 1 atom stereocenters. The molecule has 2 aromatic rings. The van der Waals surface area contributed by atoms with Gasteiger partial charge in [-0.1, -0.05) is 23.7 Å². The predicted molar refractivity (Wildman–Crippen MR) is 81.9 cm³/mol. The van der Waals surface area contributed by atoms with Crippen LogP contribution in [0.4, 0.5) is 0 Å². The van der Waals surface area contributed by atoms with Gasteiger partial charge in [0.25, 0.3) is 0 Å². The van der Waals surface area contributed by atoms with Crippen LogP contribution in [0.3, 0.4) is 0 Å². The third kappa shape index (κ3) is 3.05. The van der Waals surface area contributed by atoms with Crippen LogP contribution < -0.4 is 0 Å². The van der Waals surface area contributed by atoms with Crippen LogP contribution in [0.5, 0.6) is 0 Å². The number of amides is 1. The van der Waals surface area contributed by atoms with Gasteiger partial charge in [-0.15, -0.1) is 10.2 Å². The van der Waals surface area contributed by atoms with Gasteiger partial charge in [-0.25, -0.2) is 4.79 Å². The lowest BCUT2D eigenvalue weighted by Gasteiger charge is -2.33. The Balaban J connectivity index is 1.84. The highest BCUT2D eigenvalue weighted by Gasteiger charge is 2.36. The van der Waals surface area contributed by atoms with Crippen LogP contribution in [0.15, 0.2) is 24.3 Å². The highest BCUT2D eigenvalue weighted by molar-refractivity contribution is 6.30. The molecule has 8 heteroatoms. The Morgan fingerprint density at radius 2 is 2.17 bits per heavy atom. The van der Waals surface area contributed by atoms with E-state index in [2.05, 4.69) is 10.2 Å². The average Bonchev–Trinajstić information content (AvgIpc) is 2.87. The topological polar surface area (TPSA) is 88.3 Å². The van der Waals surface area contributed by atoms with Crippen molar-refractivity contribution in [2.24, 2.45) is 0 Å². The number of nitrogens with zero attached hydrogens (tertiary/aromatic N) is 4. The van der Waals surface area contributed by atoms with E-state index in [0.29, 0.717) is 16.7 Å². The zero-order valence-electron chi connectivity index (χ0n) is 12.4. The quantitative estimate of drug-likeness (QED) is 0.913. The number of aryl methyl sites for hydroxylation is 1. The Labute approximate surface area is 137 Å². The van der Waals surface area contributed by atoms with Crippen molar-refractivity contribution < 1.29 is 14.7 Å². The van der Waals surface area contributed by atoms with Crippen LogP contribution in [-0.2, 0) is 29.1 Å². The van der Waals surface area contributed by atoms with Crippen molar-refractivity contribution in [2.75, 3.05) is 0 Å². The molecule has 1 unspecified atom stereocenters. The number of carbonyl (C=O) groups is 2. The molecule has 0 saturated carbocycles. The van der Waals surface area contributed by atoms with Gasteiger partial charge in [0.2, 0.25) is 5.91 Å². The van der Waals surface area contributed by atoms with Gasteiger partial charge in [0.1, 0.15) is 11.9 Å². The average molecular weight is 335 g/mol. The predicted octanol–water partition coefficient (Wildman–Crippen LogP) is 1.28. The van der Waals surface area contributed by atoms with E-state index < -0.39 is 12.0 Å².